The predicted molar refractivity (Wildman–Crippen MR) is 128 cm³/mol. The number of aromatic amines is 1. The first-order valence-corrected chi connectivity index (χ1v) is 11.7. The van der Waals surface area contributed by atoms with Crippen LogP contribution in [0.5, 0.6) is 0 Å². The van der Waals surface area contributed by atoms with E-state index < -0.39 is 17.6 Å². The fourth-order valence-electron chi connectivity index (χ4n) is 4.90. The number of Topliss-reactive ketones (excluding diaryl/α,β-unsaturated/α-hetero) is 1. The van der Waals surface area contributed by atoms with Crippen LogP contribution in [0, 0.1) is 11.6 Å². The largest absolute Gasteiger partial charge is 0.416 e. The number of ketones is 1. The standard InChI is InChI=1S/C28H23F5N2O/c29-19-10-6-17(7-11-19)25(36)3-1-2-20-14-24-22(15-34-20)26-21(12-13-23(30)27(26)35-24)16-4-8-18(9-5-16)28(31,32)33/h4-13,20,34-35H,1-3,14-15H2. The van der Waals surface area contributed by atoms with Gasteiger partial charge in [0.25, 0.3) is 0 Å². The number of hydrogen-bond acceptors (Lipinski definition) is 2. The van der Waals surface area contributed by atoms with Crippen LogP contribution >= 0.6 is 0 Å². The van der Waals surface area contributed by atoms with Crippen molar-refractivity contribution in [2.45, 2.75) is 44.4 Å². The van der Waals surface area contributed by atoms with Gasteiger partial charge in [0, 0.05) is 42.1 Å². The Morgan fingerprint density at radius 3 is 2.36 bits per heavy atom. The summed E-state index contributed by atoms with van der Waals surface area (Å²) in [7, 11) is 0. The van der Waals surface area contributed by atoms with Crippen molar-refractivity contribution in [2.75, 3.05) is 0 Å². The topological polar surface area (TPSA) is 44.9 Å². The molecule has 5 rings (SSSR count). The number of alkyl halides is 3. The lowest BCUT2D eigenvalue weighted by Gasteiger charge is -2.24. The molecule has 3 nitrogen and oxygen atoms in total. The fraction of sp³-hybridized carbons (Fsp3) is 0.250. The maximum atomic E-state index is 14.7. The minimum atomic E-state index is -4.42. The van der Waals surface area contributed by atoms with Gasteiger partial charge < -0.3 is 10.3 Å². The SMILES string of the molecule is O=C(CCCC1Cc2[nH]c3c(F)ccc(-c4ccc(C(F)(F)F)cc4)c3c2CN1)c1ccc(F)cc1. The Labute approximate surface area is 204 Å². The van der Waals surface area contributed by atoms with E-state index in [0.717, 1.165) is 29.8 Å². The summed E-state index contributed by atoms with van der Waals surface area (Å²) in [5, 5.41) is 4.12. The number of carbonyl (C=O) groups is 1. The summed E-state index contributed by atoms with van der Waals surface area (Å²) in [6.45, 7) is 0.475. The van der Waals surface area contributed by atoms with E-state index >= 15 is 0 Å². The molecular formula is C28H23F5N2O. The molecule has 0 radical (unpaired) electrons. The number of hydrogen-bond donors (Lipinski definition) is 2. The molecule has 0 bridgehead atoms. The van der Waals surface area contributed by atoms with Gasteiger partial charge in [0.15, 0.2) is 5.78 Å². The number of nitrogens with one attached hydrogen (secondary N) is 2. The Balaban J connectivity index is 1.33. The number of halogens is 5. The van der Waals surface area contributed by atoms with Crippen molar-refractivity contribution in [1.82, 2.24) is 10.3 Å². The highest BCUT2D eigenvalue weighted by Gasteiger charge is 2.30. The van der Waals surface area contributed by atoms with Crippen LogP contribution in [-0.4, -0.2) is 16.8 Å². The third-order valence-corrected chi connectivity index (χ3v) is 6.76. The average molecular weight is 498 g/mol. The van der Waals surface area contributed by atoms with E-state index in [9.17, 15) is 26.7 Å². The van der Waals surface area contributed by atoms with E-state index in [4.69, 9.17) is 0 Å². The van der Waals surface area contributed by atoms with Gasteiger partial charge in [-0.25, -0.2) is 8.78 Å². The van der Waals surface area contributed by atoms with E-state index in [1.165, 1.54) is 42.5 Å². The molecule has 0 spiro atoms. The Hall–Kier alpha value is -3.52. The zero-order valence-electron chi connectivity index (χ0n) is 19.2. The first-order chi connectivity index (χ1) is 17.2. The van der Waals surface area contributed by atoms with Crippen molar-refractivity contribution in [3.8, 4) is 11.1 Å². The summed E-state index contributed by atoms with van der Waals surface area (Å²) in [5.74, 6) is -0.845. The van der Waals surface area contributed by atoms with Gasteiger partial charge in [0.1, 0.15) is 11.6 Å². The van der Waals surface area contributed by atoms with Crippen LogP contribution in [-0.2, 0) is 19.1 Å². The van der Waals surface area contributed by atoms with Crippen molar-refractivity contribution >= 4 is 16.7 Å². The molecule has 3 aromatic carbocycles. The summed E-state index contributed by atoms with van der Waals surface area (Å²) in [6, 6.07) is 13.4. The fourth-order valence-corrected chi connectivity index (χ4v) is 4.90. The van der Waals surface area contributed by atoms with E-state index in [1.807, 2.05) is 0 Å². The lowest BCUT2D eigenvalue weighted by Crippen LogP contribution is -2.35. The summed E-state index contributed by atoms with van der Waals surface area (Å²) in [5.41, 5.74) is 3.13. The number of carbonyl (C=O) groups excluding carboxylic acids is 1. The minimum absolute atomic E-state index is 0.0413. The number of rotatable bonds is 6. The molecule has 1 atom stereocenters. The summed E-state index contributed by atoms with van der Waals surface area (Å²) in [6.07, 6.45) is -2.09. The molecule has 1 aliphatic rings. The highest BCUT2D eigenvalue weighted by molar-refractivity contribution is 5.99. The number of benzene rings is 3. The van der Waals surface area contributed by atoms with E-state index in [0.29, 0.717) is 53.4 Å². The van der Waals surface area contributed by atoms with Crippen LogP contribution in [0.2, 0.25) is 0 Å². The third-order valence-electron chi connectivity index (χ3n) is 6.76. The van der Waals surface area contributed by atoms with Crippen molar-refractivity contribution in [3.05, 3.63) is 94.7 Å². The van der Waals surface area contributed by atoms with Crippen molar-refractivity contribution in [3.63, 3.8) is 0 Å². The second-order valence-electron chi connectivity index (χ2n) is 9.11. The Kier molecular flexibility index (Phi) is 6.38. The van der Waals surface area contributed by atoms with Crippen LogP contribution in [0.25, 0.3) is 22.0 Å². The lowest BCUT2D eigenvalue weighted by molar-refractivity contribution is -0.137. The number of aromatic nitrogens is 1. The van der Waals surface area contributed by atoms with Gasteiger partial charge in [-0.1, -0.05) is 18.2 Å². The number of fused-ring (bicyclic) bond motifs is 3. The van der Waals surface area contributed by atoms with E-state index in [2.05, 4.69) is 10.3 Å². The van der Waals surface area contributed by atoms with Gasteiger partial charge in [0.2, 0.25) is 0 Å². The molecule has 1 aliphatic heterocycles. The molecule has 186 valence electrons. The van der Waals surface area contributed by atoms with E-state index in [-0.39, 0.29) is 17.6 Å². The zero-order chi connectivity index (χ0) is 25.4. The normalized spacial score (nSPS) is 15.8. The second kappa shape index (κ2) is 9.50. The van der Waals surface area contributed by atoms with E-state index in [1.54, 1.807) is 6.07 Å². The zero-order valence-corrected chi connectivity index (χ0v) is 19.2. The molecule has 2 heterocycles. The van der Waals surface area contributed by atoms with Crippen molar-refractivity contribution in [1.29, 1.82) is 0 Å². The maximum absolute atomic E-state index is 14.7. The van der Waals surface area contributed by atoms with Crippen LogP contribution in [0.15, 0.2) is 60.7 Å². The molecule has 0 saturated carbocycles. The molecule has 1 unspecified atom stereocenters. The van der Waals surface area contributed by atoms with Crippen molar-refractivity contribution < 1.29 is 26.7 Å². The minimum Gasteiger partial charge on any atom is -0.356 e. The Morgan fingerprint density at radius 1 is 0.944 bits per heavy atom. The summed E-state index contributed by atoms with van der Waals surface area (Å²) < 4.78 is 66.7. The first-order valence-electron chi connectivity index (χ1n) is 11.7. The number of H-pyrrole nitrogens is 1. The summed E-state index contributed by atoms with van der Waals surface area (Å²) >= 11 is 0. The molecular weight excluding hydrogens is 475 g/mol. The van der Waals surface area contributed by atoms with Gasteiger partial charge >= 0.3 is 6.18 Å². The highest BCUT2D eigenvalue weighted by Crippen LogP contribution is 2.38. The Bertz CT molecular complexity index is 1410. The molecule has 1 aromatic heterocycles. The van der Waals surface area contributed by atoms with Crippen molar-refractivity contribution in [2.24, 2.45) is 0 Å². The molecule has 0 fully saturated rings. The predicted octanol–water partition coefficient (Wildman–Crippen LogP) is 7.20. The molecule has 8 heteroatoms. The molecule has 0 aliphatic carbocycles. The lowest BCUT2D eigenvalue weighted by atomic mass is 9.93. The van der Waals surface area contributed by atoms with Gasteiger partial charge in [-0.15, -0.1) is 0 Å². The maximum Gasteiger partial charge on any atom is 0.416 e. The molecule has 0 amide bonds. The third kappa shape index (κ3) is 4.78. The van der Waals surface area contributed by atoms with Crippen LogP contribution in [0.3, 0.4) is 0 Å². The highest BCUT2D eigenvalue weighted by atomic mass is 19.4. The van der Waals surface area contributed by atoms with Gasteiger partial charge in [-0.3, -0.25) is 4.79 Å². The molecule has 0 saturated heterocycles. The molecule has 2 N–H and O–H groups in total. The smallest absolute Gasteiger partial charge is 0.356 e. The first kappa shape index (κ1) is 24.2. The monoisotopic (exact) mass is 498 g/mol. The second-order valence-corrected chi connectivity index (χ2v) is 9.11. The van der Waals surface area contributed by atoms with Gasteiger partial charge in [-0.05, 0) is 72.0 Å². The van der Waals surface area contributed by atoms with Gasteiger partial charge in [-0.2, -0.15) is 13.2 Å². The van der Waals surface area contributed by atoms with Gasteiger partial charge in [0.05, 0.1) is 11.1 Å². The summed E-state index contributed by atoms with van der Waals surface area (Å²) in [4.78, 5) is 15.5. The van der Waals surface area contributed by atoms with Crippen LogP contribution in [0.1, 0.15) is 46.4 Å². The quantitative estimate of drug-likeness (QED) is 0.218. The van der Waals surface area contributed by atoms with Crippen LogP contribution < -0.4 is 5.32 Å². The molecule has 4 aromatic rings. The Morgan fingerprint density at radius 2 is 1.67 bits per heavy atom. The van der Waals surface area contributed by atoms with Crippen LogP contribution in [0.4, 0.5) is 22.0 Å². The molecule has 36 heavy (non-hydrogen) atoms. The average Bonchev–Trinajstić information content (AvgIpc) is 3.24.